The molecule has 4 aliphatic rings. The zero-order valence-corrected chi connectivity index (χ0v) is 32.9. The van der Waals surface area contributed by atoms with Crippen molar-refractivity contribution in [3.63, 3.8) is 0 Å². The lowest BCUT2D eigenvalue weighted by atomic mass is 9.87. The molecule has 54 heavy (non-hydrogen) atoms. The molecule has 2 aromatic rings. The molecule has 298 valence electrons. The predicted octanol–water partition coefficient (Wildman–Crippen LogP) is 9.53. The van der Waals surface area contributed by atoms with Gasteiger partial charge in [-0.25, -0.2) is 0 Å². The molecular formula is C45H64O9. The molecule has 2 unspecified atom stereocenters. The SMILES string of the molecule is CCCCCC(C)OCCCOC1CCC(C(=O)Oc2ccc3c(c2)Cc2cc(OC(=O)C4CCC(OCCCOC5CCCCO5)CC4)ccc2-3)CC1. The molecule has 0 bridgehead atoms. The Balaban J connectivity index is 0.861. The van der Waals surface area contributed by atoms with Gasteiger partial charge >= 0.3 is 11.9 Å². The number of carbonyl (C=O) groups excluding carboxylic acids is 2. The Morgan fingerprint density at radius 3 is 1.76 bits per heavy atom. The molecule has 3 aliphatic carbocycles. The van der Waals surface area contributed by atoms with Crippen LogP contribution < -0.4 is 9.47 Å². The van der Waals surface area contributed by atoms with E-state index >= 15 is 0 Å². The van der Waals surface area contributed by atoms with Crippen molar-refractivity contribution in [2.45, 2.75) is 154 Å². The predicted molar refractivity (Wildman–Crippen MR) is 208 cm³/mol. The van der Waals surface area contributed by atoms with Crippen molar-refractivity contribution in [1.82, 2.24) is 0 Å². The van der Waals surface area contributed by atoms with Crippen LogP contribution in [0.25, 0.3) is 11.1 Å². The van der Waals surface area contributed by atoms with Gasteiger partial charge in [-0.3, -0.25) is 9.59 Å². The minimum absolute atomic E-state index is 0.0529. The monoisotopic (exact) mass is 748 g/mol. The highest BCUT2D eigenvalue weighted by atomic mass is 16.7. The van der Waals surface area contributed by atoms with Gasteiger partial charge in [0.05, 0.1) is 36.8 Å². The lowest BCUT2D eigenvalue weighted by molar-refractivity contribution is -0.164. The van der Waals surface area contributed by atoms with Crippen molar-refractivity contribution in [3.05, 3.63) is 47.5 Å². The van der Waals surface area contributed by atoms with E-state index in [1.807, 2.05) is 36.4 Å². The number of benzene rings is 2. The van der Waals surface area contributed by atoms with Gasteiger partial charge in [-0.05, 0) is 150 Å². The molecule has 6 rings (SSSR count). The van der Waals surface area contributed by atoms with Crippen LogP contribution in [0.5, 0.6) is 11.5 Å². The maximum Gasteiger partial charge on any atom is 0.314 e. The molecule has 1 saturated heterocycles. The fraction of sp³-hybridized carbons (Fsp3) is 0.689. The highest BCUT2D eigenvalue weighted by Gasteiger charge is 2.30. The second-order valence-corrected chi connectivity index (χ2v) is 15.9. The Morgan fingerprint density at radius 1 is 0.667 bits per heavy atom. The minimum Gasteiger partial charge on any atom is -0.426 e. The van der Waals surface area contributed by atoms with Gasteiger partial charge in [-0.15, -0.1) is 0 Å². The molecule has 9 heteroatoms. The van der Waals surface area contributed by atoms with Gasteiger partial charge in [-0.2, -0.15) is 0 Å². The molecule has 1 aliphatic heterocycles. The summed E-state index contributed by atoms with van der Waals surface area (Å²) in [6.07, 6.45) is 17.9. The summed E-state index contributed by atoms with van der Waals surface area (Å²) in [6.45, 7) is 7.94. The van der Waals surface area contributed by atoms with Crippen molar-refractivity contribution in [2.75, 3.05) is 33.0 Å². The van der Waals surface area contributed by atoms with Crippen molar-refractivity contribution in [1.29, 1.82) is 0 Å². The first kappa shape index (κ1) is 40.8. The smallest absolute Gasteiger partial charge is 0.314 e. The summed E-state index contributed by atoms with van der Waals surface area (Å²) in [7, 11) is 0. The van der Waals surface area contributed by atoms with Gasteiger partial charge in [-0.1, -0.05) is 38.3 Å². The Hall–Kier alpha value is -2.82. The average molecular weight is 749 g/mol. The summed E-state index contributed by atoms with van der Waals surface area (Å²) in [4.78, 5) is 26.2. The first-order chi connectivity index (χ1) is 26.4. The third-order valence-corrected chi connectivity index (χ3v) is 11.6. The number of fused-ring (bicyclic) bond motifs is 3. The molecule has 2 aromatic carbocycles. The third kappa shape index (κ3) is 12.3. The fourth-order valence-electron chi connectivity index (χ4n) is 8.34. The van der Waals surface area contributed by atoms with Crippen LogP contribution in [0.3, 0.4) is 0 Å². The number of rotatable bonds is 20. The Bertz CT molecular complexity index is 1450. The number of hydrogen-bond acceptors (Lipinski definition) is 9. The molecule has 2 atom stereocenters. The van der Waals surface area contributed by atoms with Crippen molar-refractivity contribution >= 4 is 11.9 Å². The standard InChI is InChI=1S/C45H64O9/c1-3-4-5-10-32(2)48-25-8-26-49-37-16-12-33(13-17-37)44(46)53-39-20-22-41-35(30-39)29-36-31-40(21-23-42(36)41)54-45(47)34-14-18-38(19-15-34)50-27-9-28-52-43-11-6-7-24-51-43/h20-23,30-34,37-38,43H,3-19,24-29H2,1-2H3. The molecule has 9 nitrogen and oxygen atoms in total. The lowest BCUT2D eigenvalue weighted by Gasteiger charge is -2.27. The minimum atomic E-state index is -0.160. The van der Waals surface area contributed by atoms with E-state index in [9.17, 15) is 9.59 Å². The number of hydrogen-bond donors (Lipinski definition) is 0. The van der Waals surface area contributed by atoms with Crippen LogP contribution in [0, 0.1) is 11.8 Å². The fourth-order valence-corrected chi connectivity index (χ4v) is 8.34. The van der Waals surface area contributed by atoms with E-state index in [1.54, 1.807) is 0 Å². The van der Waals surface area contributed by atoms with E-state index in [2.05, 4.69) is 13.8 Å². The van der Waals surface area contributed by atoms with Gasteiger partial charge in [0.15, 0.2) is 6.29 Å². The first-order valence-corrected chi connectivity index (χ1v) is 21.2. The van der Waals surface area contributed by atoms with Crippen LogP contribution in [0.15, 0.2) is 36.4 Å². The summed E-state index contributed by atoms with van der Waals surface area (Å²) in [6, 6.07) is 11.8. The molecule has 0 N–H and O–H groups in total. The lowest BCUT2D eigenvalue weighted by Crippen LogP contribution is -2.29. The number of carbonyl (C=O) groups is 2. The zero-order chi connectivity index (χ0) is 37.5. The van der Waals surface area contributed by atoms with Gasteiger partial charge in [0.25, 0.3) is 0 Å². The summed E-state index contributed by atoms with van der Waals surface area (Å²) >= 11 is 0. The van der Waals surface area contributed by atoms with Crippen LogP contribution in [-0.4, -0.2) is 69.6 Å². The molecular weight excluding hydrogens is 684 g/mol. The normalized spacial score (nSPS) is 24.4. The summed E-state index contributed by atoms with van der Waals surface area (Å²) in [5.74, 6) is 0.641. The second kappa shape index (κ2) is 21.5. The van der Waals surface area contributed by atoms with Crippen LogP contribution in [0.1, 0.15) is 134 Å². The van der Waals surface area contributed by atoms with E-state index in [0.717, 1.165) is 119 Å². The van der Waals surface area contributed by atoms with Gasteiger partial charge in [0, 0.05) is 26.4 Å². The van der Waals surface area contributed by atoms with E-state index in [0.29, 0.717) is 43.8 Å². The third-order valence-electron chi connectivity index (χ3n) is 11.6. The Labute approximate surface area is 323 Å². The highest BCUT2D eigenvalue weighted by Crippen LogP contribution is 2.40. The Kier molecular flexibility index (Phi) is 16.2. The van der Waals surface area contributed by atoms with Crippen molar-refractivity contribution in [3.8, 4) is 22.6 Å². The van der Waals surface area contributed by atoms with Crippen molar-refractivity contribution < 1.29 is 42.7 Å². The molecule has 0 aromatic heterocycles. The largest absolute Gasteiger partial charge is 0.426 e. The first-order valence-electron chi connectivity index (χ1n) is 21.2. The quantitative estimate of drug-likeness (QED) is 0.0636. The van der Waals surface area contributed by atoms with Gasteiger partial charge in [0.2, 0.25) is 0 Å². The van der Waals surface area contributed by atoms with Crippen LogP contribution in [-0.2, 0) is 39.7 Å². The molecule has 0 amide bonds. The van der Waals surface area contributed by atoms with E-state index < -0.39 is 0 Å². The van der Waals surface area contributed by atoms with Crippen LogP contribution in [0.4, 0.5) is 0 Å². The molecule has 3 fully saturated rings. The summed E-state index contributed by atoms with van der Waals surface area (Å²) in [5, 5.41) is 0. The molecule has 0 spiro atoms. The summed E-state index contributed by atoms with van der Waals surface area (Å²) < 4.78 is 41.4. The van der Waals surface area contributed by atoms with E-state index in [4.69, 9.17) is 33.2 Å². The molecule has 1 heterocycles. The van der Waals surface area contributed by atoms with Crippen LogP contribution >= 0.6 is 0 Å². The Morgan fingerprint density at radius 2 is 1.22 bits per heavy atom. The van der Waals surface area contributed by atoms with Crippen molar-refractivity contribution in [2.24, 2.45) is 11.8 Å². The average Bonchev–Trinajstić information content (AvgIpc) is 3.55. The second-order valence-electron chi connectivity index (χ2n) is 15.9. The maximum atomic E-state index is 13.1. The molecule has 0 radical (unpaired) electrons. The topological polar surface area (TPSA) is 98.8 Å². The van der Waals surface area contributed by atoms with E-state index in [1.165, 1.54) is 25.7 Å². The van der Waals surface area contributed by atoms with Gasteiger partial charge in [0.1, 0.15) is 11.5 Å². The maximum absolute atomic E-state index is 13.1. The number of esters is 2. The summed E-state index contributed by atoms with van der Waals surface area (Å²) in [5.41, 5.74) is 4.48. The van der Waals surface area contributed by atoms with Gasteiger partial charge < -0.3 is 33.2 Å². The van der Waals surface area contributed by atoms with E-state index in [-0.39, 0.29) is 42.3 Å². The number of unbranched alkanes of at least 4 members (excludes halogenated alkanes) is 2. The highest BCUT2D eigenvalue weighted by molar-refractivity contribution is 5.81. The molecule has 2 saturated carbocycles. The van der Waals surface area contributed by atoms with Crippen LogP contribution in [0.2, 0.25) is 0 Å². The zero-order valence-electron chi connectivity index (χ0n) is 32.9. The number of ether oxygens (including phenoxy) is 7.